The number of allylic oxidation sites excluding steroid dienone is 1. The molecule has 4 heteroatoms. The van der Waals surface area contributed by atoms with E-state index in [1.54, 1.807) is 6.08 Å². The van der Waals surface area contributed by atoms with Gasteiger partial charge in [0, 0.05) is 0 Å². The summed E-state index contributed by atoms with van der Waals surface area (Å²) >= 11 is 8.74. The molecule has 7 heavy (non-hydrogen) atoms. The fraction of sp³-hybridized carbons (Fsp3) is 0.333. The number of hydrogen-bond acceptors (Lipinski definition) is 0. The molecule has 0 aliphatic heterocycles. The van der Waals surface area contributed by atoms with E-state index in [2.05, 4.69) is 43.5 Å². The first-order chi connectivity index (χ1) is 3.15. The average molecular weight is 397 g/mol. The summed E-state index contributed by atoms with van der Waals surface area (Å²) < 4.78 is 0. The zero-order valence-electron chi connectivity index (χ0n) is 4.00. The van der Waals surface area contributed by atoms with Crippen molar-refractivity contribution >= 4 is 51.3 Å². The first kappa shape index (κ1) is 11.8. The minimum atomic E-state index is -1.20. The van der Waals surface area contributed by atoms with Crippen LogP contribution in [0.15, 0.2) is 12.7 Å². The number of halogens is 3. The summed E-state index contributed by atoms with van der Waals surface area (Å²) in [6, 6.07) is 0. The van der Waals surface area contributed by atoms with Crippen LogP contribution in [-0.2, 0) is 0 Å². The molecule has 42 valence electrons. The molecule has 0 amide bonds. The molecule has 0 N–H and O–H groups in total. The average Bonchev–Trinajstić information content (AvgIpc) is 1.33. The predicted octanol–water partition coefficient (Wildman–Crippen LogP) is 3.35. The van der Waals surface area contributed by atoms with Gasteiger partial charge < -0.3 is 0 Å². The minimum absolute atomic E-state index is 1.20. The summed E-state index contributed by atoms with van der Waals surface area (Å²) in [4.78, 5) is 0. The van der Waals surface area contributed by atoms with Gasteiger partial charge in [-0.15, -0.1) is 6.58 Å². The quantitative estimate of drug-likeness (QED) is 0.551. The molecular formula is C3H6Br3In. The Morgan fingerprint density at radius 1 is 1.43 bits per heavy atom. The van der Waals surface area contributed by atoms with Gasteiger partial charge in [0.1, 0.15) is 0 Å². The fourth-order valence-corrected chi connectivity index (χ4v) is 0. The first-order valence-electron chi connectivity index (χ1n) is 1.64. The van der Waals surface area contributed by atoms with Crippen LogP contribution in [0.2, 0.25) is 0 Å². The topological polar surface area (TPSA) is 0 Å². The van der Waals surface area contributed by atoms with E-state index in [1.807, 2.05) is 6.92 Å². The third kappa shape index (κ3) is 70.1. The van der Waals surface area contributed by atoms with Gasteiger partial charge in [-0.1, -0.05) is 6.08 Å². The van der Waals surface area contributed by atoms with Gasteiger partial charge >= 0.3 is 51.3 Å². The SMILES string of the molecule is C=CC.[Br][In]([Br])[Br]. The van der Waals surface area contributed by atoms with Crippen molar-refractivity contribution in [3.63, 3.8) is 0 Å². The number of hydrogen-bond donors (Lipinski definition) is 0. The van der Waals surface area contributed by atoms with Crippen molar-refractivity contribution in [1.82, 2.24) is 0 Å². The van der Waals surface area contributed by atoms with Crippen LogP contribution in [0, 0.1) is 0 Å². The summed E-state index contributed by atoms with van der Waals surface area (Å²) in [5.74, 6) is 0. The second kappa shape index (κ2) is 10.9. The van der Waals surface area contributed by atoms with Crippen molar-refractivity contribution in [2.75, 3.05) is 0 Å². The van der Waals surface area contributed by atoms with Crippen molar-refractivity contribution in [2.24, 2.45) is 0 Å². The Bertz CT molecular complexity index is 34.4. The van der Waals surface area contributed by atoms with E-state index in [-0.39, 0.29) is 0 Å². The first-order valence-corrected chi connectivity index (χ1v) is 23.8. The van der Waals surface area contributed by atoms with Gasteiger partial charge in [0.05, 0.1) is 0 Å². The van der Waals surface area contributed by atoms with E-state index in [4.69, 9.17) is 0 Å². The van der Waals surface area contributed by atoms with Crippen molar-refractivity contribution in [2.45, 2.75) is 6.92 Å². The maximum atomic E-state index is 3.36. The van der Waals surface area contributed by atoms with Crippen LogP contribution in [0.5, 0.6) is 0 Å². The molecule has 0 aliphatic rings. The number of rotatable bonds is 0. The van der Waals surface area contributed by atoms with Crippen LogP contribution >= 0.6 is 36.9 Å². The summed E-state index contributed by atoms with van der Waals surface area (Å²) in [7, 11) is 0. The molecule has 0 saturated carbocycles. The predicted molar refractivity (Wildman–Crippen MR) is 48.4 cm³/mol. The fourth-order valence-electron chi connectivity index (χ4n) is 0. The summed E-state index contributed by atoms with van der Waals surface area (Å²) in [6.45, 7) is 5.25. The zero-order chi connectivity index (χ0) is 6.28. The van der Waals surface area contributed by atoms with Gasteiger partial charge in [-0.05, 0) is 6.92 Å². The third-order valence-electron chi connectivity index (χ3n) is 0. The van der Waals surface area contributed by atoms with E-state index in [0.717, 1.165) is 0 Å². The Morgan fingerprint density at radius 2 is 1.43 bits per heavy atom. The standard InChI is InChI=1S/C3H6.3BrH.In/c1-3-2;;;;/h3H,1H2,2H3;3*1H;/q;;;;+3/p-3. The van der Waals surface area contributed by atoms with Crippen LogP contribution in [-0.4, -0.2) is 14.4 Å². The van der Waals surface area contributed by atoms with Crippen molar-refractivity contribution in [1.29, 1.82) is 0 Å². The molecule has 0 aliphatic carbocycles. The molecule has 0 heterocycles. The van der Waals surface area contributed by atoms with E-state index < -0.39 is 14.4 Å². The Balaban J connectivity index is 0. The molecule has 0 radical (unpaired) electrons. The molecule has 0 unspecified atom stereocenters. The molecule has 0 bridgehead atoms. The van der Waals surface area contributed by atoms with Gasteiger partial charge in [0.25, 0.3) is 0 Å². The van der Waals surface area contributed by atoms with Crippen LogP contribution in [0.4, 0.5) is 0 Å². The summed E-state index contributed by atoms with van der Waals surface area (Å²) in [5, 5.41) is 0. The molecule has 0 spiro atoms. The van der Waals surface area contributed by atoms with Crippen LogP contribution in [0.1, 0.15) is 6.92 Å². The van der Waals surface area contributed by atoms with Crippen molar-refractivity contribution < 1.29 is 0 Å². The molecule has 0 saturated heterocycles. The maximum absolute atomic E-state index is 3.36. The second-order valence-electron chi connectivity index (χ2n) is 0.656. The van der Waals surface area contributed by atoms with Crippen molar-refractivity contribution in [3.05, 3.63) is 12.7 Å². The molecule has 0 fully saturated rings. The molecule has 0 nitrogen and oxygen atoms in total. The Morgan fingerprint density at radius 3 is 1.43 bits per heavy atom. The van der Waals surface area contributed by atoms with Gasteiger partial charge in [-0.25, -0.2) is 0 Å². The molecule has 0 aromatic rings. The van der Waals surface area contributed by atoms with Gasteiger partial charge in [-0.2, -0.15) is 0 Å². The Labute approximate surface area is 69.8 Å². The van der Waals surface area contributed by atoms with Crippen LogP contribution in [0.25, 0.3) is 0 Å². The summed E-state index contributed by atoms with van der Waals surface area (Å²) in [5.41, 5.74) is 0. The Hall–Kier alpha value is 2.05. The summed E-state index contributed by atoms with van der Waals surface area (Å²) in [6.07, 6.45) is 1.75. The Kier molecular flexibility index (Phi) is 18.4. The van der Waals surface area contributed by atoms with Crippen LogP contribution < -0.4 is 0 Å². The van der Waals surface area contributed by atoms with Gasteiger partial charge in [-0.3, -0.25) is 0 Å². The van der Waals surface area contributed by atoms with E-state index in [0.29, 0.717) is 0 Å². The normalized spacial score (nSPS) is 5.71. The second-order valence-corrected chi connectivity index (χ2v) is 45.2. The van der Waals surface area contributed by atoms with E-state index in [1.165, 1.54) is 0 Å². The monoisotopic (exact) mass is 394 g/mol. The van der Waals surface area contributed by atoms with Gasteiger partial charge in [0.15, 0.2) is 0 Å². The molecule has 0 aromatic carbocycles. The van der Waals surface area contributed by atoms with Crippen LogP contribution in [0.3, 0.4) is 0 Å². The van der Waals surface area contributed by atoms with Crippen molar-refractivity contribution in [3.8, 4) is 0 Å². The molecular weight excluding hydrogens is 391 g/mol. The molecule has 0 aromatic heterocycles. The zero-order valence-corrected chi connectivity index (χ0v) is 12.0. The molecule has 0 rings (SSSR count). The third-order valence-corrected chi connectivity index (χ3v) is 0. The van der Waals surface area contributed by atoms with E-state index >= 15 is 0 Å². The van der Waals surface area contributed by atoms with E-state index in [9.17, 15) is 0 Å². The van der Waals surface area contributed by atoms with Gasteiger partial charge in [0.2, 0.25) is 0 Å². The molecule has 0 atom stereocenters.